The lowest BCUT2D eigenvalue weighted by Gasteiger charge is -2.21. The average Bonchev–Trinajstić information content (AvgIpc) is 2.94. The third kappa shape index (κ3) is 3.74. The van der Waals surface area contributed by atoms with Crippen LogP contribution in [0.1, 0.15) is 5.56 Å². The molecule has 1 heterocycles. The van der Waals surface area contributed by atoms with Gasteiger partial charge >= 0.3 is 12.1 Å². The highest BCUT2D eigenvalue weighted by molar-refractivity contribution is 5.85. The van der Waals surface area contributed by atoms with E-state index in [4.69, 9.17) is 4.74 Å². The Kier molecular flexibility index (Phi) is 6.06. The van der Waals surface area contributed by atoms with Gasteiger partial charge in [-0.05, 0) is 5.56 Å². The van der Waals surface area contributed by atoms with Gasteiger partial charge < -0.3 is 9.47 Å². The van der Waals surface area contributed by atoms with Crippen molar-refractivity contribution in [3.05, 3.63) is 48.0 Å². The van der Waals surface area contributed by atoms with Crippen LogP contribution in [0.5, 0.6) is 0 Å². The molecule has 6 heteroatoms. The molecule has 1 amide bonds. The van der Waals surface area contributed by atoms with E-state index in [1.54, 1.807) is 12.2 Å². The van der Waals surface area contributed by atoms with Gasteiger partial charge in [0.05, 0.1) is 7.11 Å². The van der Waals surface area contributed by atoms with E-state index in [2.05, 4.69) is 4.74 Å². The zero-order chi connectivity index (χ0) is 13.7. The molecule has 1 aliphatic rings. The number of amides is 1. The fourth-order valence-electron chi connectivity index (χ4n) is 1.84. The lowest BCUT2D eigenvalue weighted by Crippen LogP contribution is -2.41. The van der Waals surface area contributed by atoms with E-state index in [9.17, 15) is 9.59 Å². The number of benzene rings is 1. The van der Waals surface area contributed by atoms with Crippen LogP contribution < -0.4 is 0 Å². The number of ether oxygens (including phenoxy) is 2. The molecular formula is C14H16ClNO4. The van der Waals surface area contributed by atoms with Crippen molar-refractivity contribution in [1.82, 2.24) is 4.90 Å². The normalized spacial score (nSPS) is 16.4. The number of carbonyl (C=O) groups is 2. The Morgan fingerprint density at radius 2 is 2.00 bits per heavy atom. The molecule has 1 aromatic carbocycles. The summed E-state index contributed by atoms with van der Waals surface area (Å²) in [5, 5.41) is 0. The molecule has 0 aromatic heterocycles. The van der Waals surface area contributed by atoms with E-state index in [1.165, 1.54) is 12.0 Å². The summed E-state index contributed by atoms with van der Waals surface area (Å²) in [6.07, 6.45) is 2.85. The molecule has 1 aliphatic heterocycles. The van der Waals surface area contributed by atoms with Crippen molar-refractivity contribution < 1.29 is 19.1 Å². The highest BCUT2D eigenvalue weighted by atomic mass is 35.5. The summed E-state index contributed by atoms with van der Waals surface area (Å²) in [6, 6.07) is 8.69. The first kappa shape index (κ1) is 16.0. The van der Waals surface area contributed by atoms with Gasteiger partial charge in [-0.1, -0.05) is 42.5 Å². The summed E-state index contributed by atoms with van der Waals surface area (Å²) in [5.74, 6) is -0.467. The largest absolute Gasteiger partial charge is 0.467 e. The summed E-state index contributed by atoms with van der Waals surface area (Å²) in [4.78, 5) is 24.7. The number of hydrogen-bond acceptors (Lipinski definition) is 4. The van der Waals surface area contributed by atoms with Gasteiger partial charge in [0.15, 0.2) is 6.04 Å². The second kappa shape index (κ2) is 7.55. The van der Waals surface area contributed by atoms with Crippen LogP contribution in [0.25, 0.3) is 0 Å². The van der Waals surface area contributed by atoms with Crippen molar-refractivity contribution in [1.29, 1.82) is 0 Å². The van der Waals surface area contributed by atoms with Crippen molar-refractivity contribution in [2.75, 3.05) is 13.7 Å². The summed E-state index contributed by atoms with van der Waals surface area (Å²) in [5.41, 5.74) is 0.901. The van der Waals surface area contributed by atoms with Gasteiger partial charge in [0.2, 0.25) is 0 Å². The Bertz CT molecular complexity index is 489. The van der Waals surface area contributed by atoms with Gasteiger partial charge in [-0.15, -0.1) is 12.4 Å². The fraction of sp³-hybridized carbons (Fsp3) is 0.286. The minimum absolute atomic E-state index is 0. The van der Waals surface area contributed by atoms with Crippen LogP contribution in [0, 0.1) is 0 Å². The van der Waals surface area contributed by atoms with E-state index < -0.39 is 18.1 Å². The molecule has 1 atom stereocenters. The Morgan fingerprint density at radius 1 is 1.30 bits per heavy atom. The molecule has 0 bridgehead atoms. The summed E-state index contributed by atoms with van der Waals surface area (Å²) in [7, 11) is 1.29. The highest BCUT2D eigenvalue weighted by Gasteiger charge is 2.32. The zero-order valence-corrected chi connectivity index (χ0v) is 11.8. The maximum atomic E-state index is 11.9. The molecular weight excluding hydrogens is 282 g/mol. The number of carbonyl (C=O) groups excluding carboxylic acids is 2. The molecule has 108 valence electrons. The van der Waals surface area contributed by atoms with Gasteiger partial charge in [-0.3, -0.25) is 4.90 Å². The minimum atomic E-state index is -0.687. The Hall–Kier alpha value is -2.01. The predicted molar refractivity (Wildman–Crippen MR) is 75.5 cm³/mol. The van der Waals surface area contributed by atoms with Crippen molar-refractivity contribution in [2.45, 2.75) is 12.6 Å². The van der Waals surface area contributed by atoms with E-state index in [-0.39, 0.29) is 19.0 Å². The maximum absolute atomic E-state index is 11.9. The average molecular weight is 298 g/mol. The Morgan fingerprint density at radius 3 is 2.65 bits per heavy atom. The second-order valence-electron chi connectivity index (χ2n) is 4.09. The van der Waals surface area contributed by atoms with Crippen LogP contribution in [-0.4, -0.2) is 36.7 Å². The summed E-state index contributed by atoms with van der Waals surface area (Å²) < 4.78 is 9.81. The Balaban J connectivity index is 0.00000200. The van der Waals surface area contributed by atoms with E-state index >= 15 is 0 Å². The fourth-order valence-corrected chi connectivity index (χ4v) is 1.84. The number of nitrogens with zero attached hydrogens (tertiary/aromatic N) is 1. The first-order valence-electron chi connectivity index (χ1n) is 5.94. The topological polar surface area (TPSA) is 55.8 Å². The second-order valence-corrected chi connectivity index (χ2v) is 4.09. The smallest absolute Gasteiger partial charge is 0.411 e. The summed E-state index contributed by atoms with van der Waals surface area (Å²) in [6.45, 7) is 0.539. The van der Waals surface area contributed by atoms with Crippen molar-refractivity contribution in [3.63, 3.8) is 0 Å². The first-order valence-corrected chi connectivity index (χ1v) is 5.94. The molecule has 0 spiro atoms. The molecule has 0 fully saturated rings. The summed E-state index contributed by atoms with van der Waals surface area (Å²) >= 11 is 0. The highest BCUT2D eigenvalue weighted by Crippen LogP contribution is 2.13. The SMILES string of the molecule is COC(=O)[C@@H]1C=CCN1C(=O)OCc1ccccc1.Cl. The number of methoxy groups -OCH3 is 1. The monoisotopic (exact) mass is 297 g/mol. The van der Waals surface area contributed by atoms with Crippen LogP contribution >= 0.6 is 12.4 Å². The zero-order valence-electron chi connectivity index (χ0n) is 11.0. The molecule has 5 nitrogen and oxygen atoms in total. The van der Waals surface area contributed by atoms with Crippen LogP contribution in [0.15, 0.2) is 42.5 Å². The number of hydrogen-bond donors (Lipinski definition) is 0. The minimum Gasteiger partial charge on any atom is -0.467 e. The van der Waals surface area contributed by atoms with E-state index in [0.717, 1.165) is 5.56 Å². The van der Waals surface area contributed by atoms with Crippen LogP contribution in [0.2, 0.25) is 0 Å². The van der Waals surface area contributed by atoms with E-state index in [1.807, 2.05) is 30.3 Å². The molecule has 20 heavy (non-hydrogen) atoms. The van der Waals surface area contributed by atoms with Crippen molar-refractivity contribution in [2.24, 2.45) is 0 Å². The van der Waals surface area contributed by atoms with Gasteiger partial charge in [-0.2, -0.15) is 0 Å². The number of rotatable bonds is 3. The van der Waals surface area contributed by atoms with Crippen molar-refractivity contribution in [3.8, 4) is 0 Å². The van der Waals surface area contributed by atoms with Crippen LogP contribution in [-0.2, 0) is 20.9 Å². The molecule has 0 radical (unpaired) electrons. The van der Waals surface area contributed by atoms with Crippen molar-refractivity contribution >= 4 is 24.5 Å². The van der Waals surface area contributed by atoms with E-state index in [0.29, 0.717) is 6.54 Å². The number of esters is 1. The predicted octanol–water partition coefficient (Wildman–Crippen LogP) is 2.16. The molecule has 1 aromatic rings. The quantitative estimate of drug-likeness (QED) is 0.634. The van der Waals surface area contributed by atoms with Gasteiger partial charge in [0.1, 0.15) is 6.61 Å². The molecule has 0 unspecified atom stereocenters. The molecule has 0 saturated carbocycles. The van der Waals surface area contributed by atoms with Crippen LogP contribution in [0.4, 0.5) is 4.79 Å². The van der Waals surface area contributed by atoms with Gasteiger partial charge in [0.25, 0.3) is 0 Å². The molecule has 0 aliphatic carbocycles. The molecule has 0 N–H and O–H groups in total. The lowest BCUT2D eigenvalue weighted by atomic mass is 10.2. The molecule has 0 saturated heterocycles. The molecule has 2 rings (SSSR count). The van der Waals surface area contributed by atoms with Gasteiger partial charge in [0, 0.05) is 6.54 Å². The third-order valence-electron chi connectivity index (χ3n) is 2.84. The standard InChI is InChI=1S/C14H15NO4.ClH/c1-18-13(16)12-8-5-9-15(12)14(17)19-10-11-6-3-2-4-7-11;/h2-8,12H,9-10H2,1H3;1H/t12-;/m0./s1. The van der Waals surface area contributed by atoms with Gasteiger partial charge in [-0.25, -0.2) is 9.59 Å². The maximum Gasteiger partial charge on any atom is 0.411 e. The first-order chi connectivity index (χ1) is 9.22. The number of halogens is 1. The third-order valence-corrected chi connectivity index (χ3v) is 2.84. The van der Waals surface area contributed by atoms with Crippen LogP contribution in [0.3, 0.4) is 0 Å². The lowest BCUT2D eigenvalue weighted by molar-refractivity contribution is -0.144. The Labute approximate surface area is 123 Å².